The molecule has 0 saturated heterocycles. The van der Waals surface area contributed by atoms with Gasteiger partial charge in [0, 0.05) is 62.5 Å². The first kappa shape index (κ1) is 43.5. The number of nitrogens with zero attached hydrogens (tertiary/aromatic N) is 6. The highest BCUT2D eigenvalue weighted by molar-refractivity contribution is 5.68. The number of aromatic nitrogens is 6. The van der Waals surface area contributed by atoms with Gasteiger partial charge in [-0.2, -0.15) is 9.97 Å². The molecule has 2 atom stereocenters. The summed E-state index contributed by atoms with van der Waals surface area (Å²) in [6.45, 7) is 2.85. The van der Waals surface area contributed by atoms with Crippen LogP contribution in [0, 0.1) is 11.6 Å². The van der Waals surface area contributed by atoms with Gasteiger partial charge in [0.1, 0.15) is 23.3 Å². The highest BCUT2D eigenvalue weighted by Gasteiger charge is 2.22. The lowest BCUT2D eigenvalue weighted by atomic mass is 9.92. The molecule has 0 aliphatic heterocycles. The Morgan fingerprint density at radius 1 is 0.644 bits per heavy atom. The van der Waals surface area contributed by atoms with E-state index in [1.165, 1.54) is 24.3 Å². The Labute approximate surface area is 340 Å². The van der Waals surface area contributed by atoms with Gasteiger partial charge in [-0.15, -0.1) is 0 Å². The van der Waals surface area contributed by atoms with Crippen LogP contribution < -0.4 is 10.6 Å². The van der Waals surface area contributed by atoms with E-state index in [9.17, 15) is 28.6 Å². The van der Waals surface area contributed by atoms with Crippen LogP contribution in [0.1, 0.15) is 90.4 Å². The summed E-state index contributed by atoms with van der Waals surface area (Å²) >= 11 is 0. The van der Waals surface area contributed by atoms with Crippen LogP contribution in [0.2, 0.25) is 0 Å². The van der Waals surface area contributed by atoms with Gasteiger partial charge in [-0.25, -0.2) is 18.7 Å². The van der Waals surface area contributed by atoms with Crippen LogP contribution in [-0.2, 0) is 48.1 Å². The minimum absolute atomic E-state index is 0.144. The smallest absolute Gasteiger partial charge is 0.303 e. The third-order valence-electron chi connectivity index (χ3n) is 9.24. The Hall–Kier alpha value is -6.58. The summed E-state index contributed by atoms with van der Waals surface area (Å²) in [5, 5.41) is 32.6. The molecule has 0 spiro atoms. The lowest BCUT2D eigenvalue weighted by Crippen LogP contribution is -2.10. The highest BCUT2D eigenvalue weighted by atomic mass is 19.1. The van der Waals surface area contributed by atoms with Crippen LogP contribution in [-0.4, -0.2) is 66.0 Å². The van der Waals surface area contributed by atoms with Crippen molar-refractivity contribution in [2.45, 2.75) is 83.0 Å². The Morgan fingerprint density at radius 3 is 1.54 bits per heavy atom. The zero-order chi connectivity index (χ0) is 42.0. The molecule has 16 heteroatoms. The summed E-state index contributed by atoms with van der Waals surface area (Å²) in [4.78, 5) is 40.2. The van der Waals surface area contributed by atoms with Crippen molar-refractivity contribution in [3.63, 3.8) is 0 Å². The lowest BCUT2D eigenvalue weighted by Gasteiger charge is -2.13. The number of pyridine rings is 2. The second kappa shape index (κ2) is 22.4. The fourth-order valence-corrected chi connectivity index (χ4v) is 6.44. The number of carboxylic acid groups (broad SMARTS) is 2. The minimum atomic E-state index is -0.963. The lowest BCUT2D eigenvalue weighted by molar-refractivity contribution is -0.138. The third-order valence-corrected chi connectivity index (χ3v) is 9.24. The van der Waals surface area contributed by atoms with Gasteiger partial charge in [0.15, 0.2) is 11.6 Å². The third kappa shape index (κ3) is 14.7. The summed E-state index contributed by atoms with van der Waals surface area (Å²) in [7, 11) is 1.83. The van der Waals surface area contributed by atoms with Crippen LogP contribution >= 0.6 is 0 Å². The van der Waals surface area contributed by atoms with Crippen molar-refractivity contribution in [1.82, 2.24) is 30.2 Å². The van der Waals surface area contributed by atoms with Crippen molar-refractivity contribution in [2.75, 3.05) is 24.2 Å². The molecule has 0 radical (unpaired) electrons. The van der Waals surface area contributed by atoms with E-state index >= 15 is 0 Å². The molecule has 2 unspecified atom stereocenters. The number of halogens is 2. The maximum Gasteiger partial charge on any atom is 0.303 e. The molecule has 14 nitrogen and oxygen atoms in total. The van der Waals surface area contributed by atoms with Gasteiger partial charge in [-0.1, -0.05) is 46.7 Å². The number of hydrogen-bond acceptors (Lipinski definition) is 12. The molecule has 0 saturated carbocycles. The summed E-state index contributed by atoms with van der Waals surface area (Å²) in [5.74, 6) is -0.0789. The molecule has 0 amide bonds. The number of rotatable bonds is 21. The van der Waals surface area contributed by atoms with E-state index in [0.717, 1.165) is 55.3 Å². The molecule has 0 fully saturated rings. The van der Waals surface area contributed by atoms with Gasteiger partial charge >= 0.3 is 11.9 Å². The molecule has 6 rings (SSSR count). The first-order valence-electron chi connectivity index (χ1n) is 19.5. The zero-order valence-electron chi connectivity index (χ0n) is 33.0. The number of aryl methyl sites for hydroxylation is 4. The van der Waals surface area contributed by atoms with Gasteiger partial charge in [-0.3, -0.25) is 9.59 Å². The monoisotopic (exact) mass is 810 g/mol. The molecule has 4 N–H and O–H groups in total. The van der Waals surface area contributed by atoms with Crippen molar-refractivity contribution < 1.29 is 37.6 Å². The van der Waals surface area contributed by atoms with Gasteiger partial charge in [0.25, 0.3) is 0 Å². The Balaban J connectivity index is 0.000000224. The van der Waals surface area contributed by atoms with E-state index in [-0.39, 0.29) is 25.7 Å². The standard InChI is InChI=1S/C22H25FN4O3.C21H23FN4O3/c1-2-24-19-10-4-8-18(25-19)9-5-11-20-26-21(30-27-20)13-16(14-22(28)29)15-6-3-7-17(23)12-15;1-23-18-9-3-7-17(24-18)8-4-10-19-25-20(29-26-19)12-15(13-21(27)28)14-5-2-6-16(22)11-14/h3-4,6-8,10,12,16H,2,5,9,11,13-14H2,1H3,(H,24,25)(H,28,29);2-3,5-7,9,11,15H,4,8,10,12-13H2,1H3,(H,23,24)(H,27,28). The molecule has 59 heavy (non-hydrogen) atoms. The largest absolute Gasteiger partial charge is 0.481 e. The summed E-state index contributed by atoms with van der Waals surface area (Å²) < 4.78 is 37.7. The van der Waals surface area contributed by atoms with Crippen molar-refractivity contribution in [2.24, 2.45) is 0 Å². The summed E-state index contributed by atoms with van der Waals surface area (Å²) in [5.41, 5.74) is 3.17. The van der Waals surface area contributed by atoms with Gasteiger partial charge in [0.05, 0.1) is 12.8 Å². The molecular weight excluding hydrogens is 763 g/mol. The van der Waals surface area contributed by atoms with Crippen LogP contribution in [0.5, 0.6) is 0 Å². The van der Waals surface area contributed by atoms with Gasteiger partial charge in [0.2, 0.25) is 11.8 Å². The first-order valence-corrected chi connectivity index (χ1v) is 19.5. The van der Waals surface area contributed by atoms with Crippen LogP contribution in [0.15, 0.2) is 94.0 Å². The first-order chi connectivity index (χ1) is 28.6. The quantitative estimate of drug-likeness (QED) is 0.0552. The molecule has 310 valence electrons. The molecule has 2 aromatic carbocycles. The normalized spacial score (nSPS) is 11.9. The number of carboxylic acids is 2. The molecule has 0 aliphatic carbocycles. The maximum absolute atomic E-state index is 13.5. The Kier molecular flexibility index (Phi) is 16.5. The number of anilines is 2. The fraction of sp³-hybridized carbons (Fsp3) is 0.349. The van der Waals surface area contributed by atoms with E-state index in [0.29, 0.717) is 47.4 Å². The predicted molar refractivity (Wildman–Crippen MR) is 215 cm³/mol. The van der Waals surface area contributed by atoms with E-state index < -0.39 is 35.4 Å². The van der Waals surface area contributed by atoms with Crippen LogP contribution in [0.4, 0.5) is 20.4 Å². The Bertz CT molecular complexity index is 2250. The highest BCUT2D eigenvalue weighted by Crippen LogP contribution is 2.26. The predicted octanol–water partition coefficient (Wildman–Crippen LogP) is 7.63. The van der Waals surface area contributed by atoms with Crippen LogP contribution in [0.25, 0.3) is 0 Å². The van der Waals surface area contributed by atoms with E-state index in [1.54, 1.807) is 24.3 Å². The average molecular weight is 811 g/mol. The van der Waals surface area contributed by atoms with E-state index in [4.69, 9.17) is 9.05 Å². The number of aliphatic carboxylic acids is 2. The second-order valence-electron chi connectivity index (χ2n) is 13.8. The zero-order valence-corrected chi connectivity index (χ0v) is 33.0. The minimum Gasteiger partial charge on any atom is -0.481 e. The van der Waals surface area contributed by atoms with Crippen molar-refractivity contribution in [3.8, 4) is 0 Å². The molecule has 4 aromatic heterocycles. The SMILES string of the molecule is CCNc1cccc(CCCc2noc(CC(CC(=O)O)c3cccc(F)c3)n2)n1.CNc1cccc(CCCc2noc(CC(CC(=O)O)c3cccc(F)c3)n2)n1. The molecule has 0 aliphatic rings. The van der Waals surface area contributed by atoms with E-state index in [1.807, 2.05) is 50.4 Å². The maximum atomic E-state index is 13.5. The van der Waals surface area contributed by atoms with Crippen LogP contribution in [0.3, 0.4) is 0 Å². The van der Waals surface area contributed by atoms with Gasteiger partial charge in [-0.05, 0) is 92.3 Å². The average Bonchev–Trinajstić information content (AvgIpc) is 3.86. The summed E-state index contributed by atoms with van der Waals surface area (Å²) in [6.07, 6.45) is 4.63. The molecule has 6 aromatic rings. The number of nitrogens with one attached hydrogen (secondary N) is 2. The van der Waals surface area contributed by atoms with E-state index in [2.05, 4.69) is 40.9 Å². The van der Waals surface area contributed by atoms with Crippen molar-refractivity contribution in [1.29, 1.82) is 0 Å². The summed E-state index contributed by atoms with van der Waals surface area (Å²) in [6, 6.07) is 23.6. The molecular formula is C43H48F2N8O6. The Morgan fingerprint density at radius 2 is 1.10 bits per heavy atom. The molecule has 0 bridgehead atoms. The number of carbonyl (C=O) groups is 2. The van der Waals surface area contributed by atoms with Crippen molar-refractivity contribution >= 4 is 23.6 Å². The fourth-order valence-electron chi connectivity index (χ4n) is 6.44. The topological polar surface area (TPSA) is 202 Å². The number of benzene rings is 2. The number of hydrogen-bond donors (Lipinski definition) is 4. The second-order valence-corrected chi connectivity index (χ2v) is 13.8. The van der Waals surface area contributed by atoms with Gasteiger partial charge < -0.3 is 29.9 Å². The molecule has 4 heterocycles. The van der Waals surface area contributed by atoms with Crippen molar-refractivity contribution in [3.05, 3.63) is 143 Å².